The number of rotatable bonds is 5. The lowest BCUT2D eigenvalue weighted by atomic mass is 10.1. The van der Waals surface area contributed by atoms with Gasteiger partial charge < -0.3 is 0 Å². The van der Waals surface area contributed by atoms with Crippen molar-refractivity contribution in [2.75, 3.05) is 0 Å². The summed E-state index contributed by atoms with van der Waals surface area (Å²) in [5.74, 6) is 2.26. The largest absolute Gasteiger partial charge is 0.272 e. The second kappa shape index (κ2) is 5.12. The van der Waals surface area contributed by atoms with Crippen LogP contribution in [0.4, 0.5) is 0 Å². The summed E-state index contributed by atoms with van der Waals surface area (Å²) in [5.41, 5.74) is 0.832. The van der Waals surface area contributed by atoms with Gasteiger partial charge in [0.2, 0.25) is 5.82 Å². The quantitative estimate of drug-likeness (QED) is 0.861. The van der Waals surface area contributed by atoms with Gasteiger partial charge in [0.05, 0.1) is 0 Å². The number of nitrogens with one attached hydrogen (secondary N) is 1. The molecule has 0 aliphatic rings. The minimum atomic E-state index is 0.629. The van der Waals surface area contributed by atoms with Gasteiger partial charge in [-0.2, -0.15) is 10.2 Å². The van der Waals surface area contributed by atoms with Crippen LogP contribution in [0.5, 0.6) is 0 Å². The number of H-pyrrole nitrogens is 1. The molecule has 92 valence electrons. The van der Waals surface area contributed by atoms with Crippen LogP contribution in [-0.2, 0) is 13.0 Å². The SMILES string of the molecule is CCC(C)Cc1nc(-c2ccn(CC)n2)n[nH]1. The van der Waals surface area contributed by atoms with Gasteiger partial charge in [-0.05, 0) is 18.9 Å². The van der Waals surface area contributed by atoms with Crippen molar-refractivity contribution < 1.29 is 0 Å². The Kier molecular flexibility index (Phi) is 3.56. The minimum absolute atomic E-state index is 0.629. The average molecular weight is 233 g/mol. The first-order chi connectivity index (χ1) is 8.22. The van der Waals surface area contributed by atoms with Crippen molar-refractivity contribution in [2.24, 2.45) is 5.92 Å². The molecule has 1 unspecified atom stereocenters. The fraction of sp³-hybridized carbons (Fsp3) is 0.583. The molecule has 0 amide bonds. The topological polar surface area (TPSA) is 59.4 Å². The van der Waals surface area contributed by atoms with Crippen LogP contribution in [-0.4, -0.2) is 25.0 Å². The maximum atomic E-state index is 4.47. The molecule has 0 aliphatic heterocycles. The summed E-state index contributed by atoms with van der Waals surface area (Å²) in [6.07, 6.45) is 4.04. The highest BCUT2D eigenvalue weighted by atomic mass is 15.3. The highest BCUT2D eigenvalue weighted by Crippen LogP contribution is 2.13. The van der Waals surface area contributed by atoms with Gasteiger partial charge in [0.25, 0.3) is 0 Å². The normalized spacial score (nSPS) is 12.9. The first-order valence-corrected chi connectivity index (χ1v) is 6.18. The van der Waals surface area contributed by atoms with Gasteiger partial charge in [-0.1, -0.05) is 20.3 Å². The maximum absolute atomic E-state index is 4.47. The Hall–Kier alpha value is -1.65. The third kappa shape index (κ3) is 2.72. The van der Waals surface area contributed by atoms with E-state index in [1.165, 1.54) is 0 Å². The first kappa shape index (κ1) is 11.8. The summed E-state index contributed by atoms with van der Waals surface area (Å²) in [6.45, 7) is 7.33. The highest BCUT2D eigenvalue weighted by Gasteiger charge is 2.10. The van der Waals surface area contributed by atoms with E-state index in [4.69, 9.17) is 0 Å². The van der Waals surface area contributed by atoms with E-state index < -0.39 is 0 Å². The molecule has 0 radical (unpaired) electrons. The molecule has 1 N–H and O–H groups in total. The van der Waals surface area contributed by atoms with E-state index in [9.17, 15) is 0 Å². The standard InChI is InChI=1S/C12H19N5/c1-4-9(3)8-11-13-12(15-14-11)10-6-7-17(5-2)16-10/h6-7,9H,4-5,8H2,1-3H3,(H,13,14,15). The third-order valence-corrected chi connectivity index (χ3v) is 2.96. The molecule has 2 aromatic rings. The van der Waals surface area contributed by atoms with Gasteiger partial charge in [-0.3, -0.25) is 9.78 Å². The van der Waals surface area contributed by atoms with Crippen LogP contribution >= 0.6 is 0 Å². The van der Waals surface area contributed by atoms with E-state index in [1.54, 1.807) is 0 Å². The van der Waals surface area contributed by atoms with Crippen molar-refractivity contribution in [2.45, 2.75) is 40.2 Å². The Balaban J connectivity index is 2.12. The Morgan fingerprint density at radius 3 is 2.88 bits per heavy atom. The molecule has 0 aromatic carbocycles. The van der Waals surface area contributed by atoms with Crippen molar-refractivity contribution in [1.29, 1.82) is 0 Å². The van der Waals surface area contributed by atoms with Crippen LogP contribution < -0.4 is 0 Å². The summed E-state index contributed by atoms with van der Waals surface area (Å²) in [5, 5.41) is 11.6. The second-order valence-corrected chi connectivity index (χ2v) is 4.38. The third-order valence-electron chi connectivity index (χ3n) is 2.96. The molecule has 1 atom stereocenters. The second-order valence-electron chi connectivity index (χ2n) is 4.38. The van der Waals surface area contributed by atoms with E-state index in [1.807, 2.05) is 16.9 Å². The Morgan fingerprint density at radius 1 is 1.41 bits per heavy atom. The average Bonchev–Trinajstić information content (AvgIpc) is 2.96. The minimum Gasteiger partial charge on any atom is -0.272 e. The van der Waals surface area contributed by atoms with Crippen LogP contribution in [0.1, 0.15) is 33.0 Å². The van der Waals surface area contributed by atoms with Crippen molar-refractivity contribution in [3.8, 4) is 11.5 Å². The van der Waals surface area contributed by atoms with E-state index in [0.29, 0.717) is 11.7 Å². The Bertz CT molecular complexity index is 471. The van der Waals surface area contributed by atoms with Gasteiger partial charge in [-0.15, -0.1) is 0 Å². The monoisotopic (exact) mass is 233 g/mol. The highest BCUT2D eigenvalue weighted by molar-refractivity contribution is 5.47. The van der Waals surface area contributed by atoms with Crippen molar-refractivity contribution in [3.63, 3.8) is 0 Å². The predicted molar refractivity (Wildman–Crippen MR) is 66.4 cm³/mol. The molecule has 0 saturated heterocycles. The summed E-state index contributed by atoms with van der Waals surface area (Å²) in [6, 6.07) is 1.94. The zero-order valence-electron chi connectivity index (χ0n) is 10.6. The number of aryl methyl sites for hydroxylation is 1. The van der Waals surface area contributed by atoms with E-state index in [2.05, 4.69) is 41.1 Å². The molecule has 2 aromatic heterocycles. The zero-order valence-corrected chi connectivity index (χ0v) is 10.6. The molecule has 0 bridgehead atoms. The molecule has 0 spiro atoms. The fourth-order valence-electron chi connectivity index (χ4n) is 1.63. The van der Waals surface area contributed by atoms with Crippen molar-refractivity contribution >= 4 is 0 Å². The first-order valence-electron chi connectivity index (χ1n) is 6.18. The fourth-order valence-corrected chi connectivity index (χ4v) is 1.63. The number of aromatic amines is 1. The van der Waals surface area contributed by atoms with Crippen LogP contribution in [0.15, 0.2) is 12.3 Å². The smallest absolute Gasteiger partial charge is 0.201 e. The maximum Gasteiger partial charge on any atom is 0.201 e. The molecular formula is C12H19N5. The van der Waals surface area contributed by atoms with E-state index in [-0.39, 0.29) is 0 Å². The van der Waals surface area contributed by atoms with Gasteiger partial charge in [0.1, 0.15) is 11.5 Å². The summed E-state index contributed by atoms with van der Waals surface area (Å²) < 4.78 is 1.88. The number of nitrogens with zero attached hydrogens (tertiary/aromatic N) is 4. The lowest BCUT2D eigenvalue weighted by molar-refractivity contribution is 0.544. The van der Waals surface area contributed by atoms with Crippen LogP contribution in [0.2, 0.25) is 0 Å². The van der Waals surface area contributed by atoms with Gasteiger partial charge in [0, 0.05) is 19.2 Å². The van der Waals surface area contributed by atoms with Crippen LogP contribution in [0.3, 0.4) is 0 Å². The molecule has 5 heteroatoms. The predicted octanol–water partition coefficient (Wildman–Crippen LogP) is 2.28. The lowest BCUT2D eigenvalue weighted by Gasteiger charge is -2.03. The summed E-state index contributed by atoms with van der Waals surface area (Å²) >= 11 is 0. The van der Waals surface area contributed by atoms with Gasteiger partial charge in [0.15, 0.2) is 0 Å². The van der Waals surface area contributed by atoms with Crippen LogP contribution in [0.25, 0.3) is 11.5 Å². The Morgan fingerprint density at radius 2 is 2.24 bits per heavy atom. The Labute approximate surface area is 101 Å². The lowest BCUT2D eigenvalue weighted by Crippen LogP contribution is -1.99. The number of hydrogen-bond donors (Lipinski definition) is 1. The molecule has 5 nitrogen and oxygen atoms in total. The van der Waals surface area contributed by atoms with Crippen LogP contribution in [0, 0.1) is 5.92 Å². The molecule has 0 aliphatic carbocycles. The van der Waals surface area contributed by atoms with E-state index >= 15 is 0 Å². The summed E-state index contributed by atoms with van der Waals surface area (Å²) in [4.78, 5) is 4.47. The molecule has 0 fully saturated rings. The summed E-state index contributed by atoms with van der Waals surface area (Å²) in [7, 11) is 0. The zero-order chi connectivity index (χ0) is 12.3. The van der Waals surface area contributed by atoms with Gasteiger partial charge >= 0.3 is 0 Å². The molecule has 17 heavy (non-hydrogen) atoms. The molecular weight excluding hydrogens is 214 g/mol. The van der Waals surface area contributed by atoms with Gasteiger partial charge in [-0.25, -0.2) is 4.98 Å². The van der Waals surface area contributed by atoms with E-state index in [0.717, 1.165) is 30.9 Å². The number of hydrogen-bond acceptors (Lipinski definition) is 3. The molecule has 2 heterocycles. The molecule has 2 rings (SSSR count). The van der Waals surface area contributed by atoms with Crippen molar-refractivity contribution in [3.05, 3.63) is 18.1 Å². The number of aromatic nitrogens is 5. The molecule has 0 saturated carbocycles. The van der Waals surface area contributed by atoms with Crippen molar-refractivity contribution in [1.82, 2.24) is 25.0 Å².